The summed E-state index contributed by atoms with van der Waals surface area (Å²) in [6, 6.07) is 2.51. The topological polar surface area (TPSA) is 53.9 Å². The fourth-order valence-corrected chi connectivity index (χ4v) is 4.47. The highest BCUT2D eigenvalue weighted by Crippen LogP contribution is 2.33. The molecule has 2 aliphatic rings. The SMILES string of the molecule is Cc1cc(NC2CCN(c3nc4c(s3)CCC4)CC2)ncn1. The number of nitrogens with one attached hydrogen (secondary N) is 1. The highest BCUT2D eigenvalue weighted by Gasteiger charge is 2.24. The molecule has 22 heavy (non-hydrogen) atoms. The van der Waals surface area contributed by atoms with Crippen molar-refractivity contribution in [3.63, 3.8) is 0 Å². The molecule has 2 aromatic heterocycles. The lowest BCUT2D eigenvalue weighted by Gasteiger charge is -2.32. The largest absolute Gasteiger partial charge is 0.367 e. The molecule has 0 radical (unpaired) electrons. The molecule has 6 heteroatoms. The zero-order valence-corrected chi connectivity index (χ0v) is 13.7. The molecule has 0 unspecified atom stereocenters. The number of thiazole rings is 1. The molecule has 0 saturated carbocycles. The van der Waals surface area contributed by atoms with Crippen LogP contribution in [0.25, 0.3) is 0 Å². The molecule has 116 valence electrons. The Kier molecular flexibility index (Phi) is 3.70. The van der Waals surface area contributed by atoms with Gasteiger partial charge in [-0.1, -0.05) is 0 Å². The van der Waals surface area contributed by atoms with Crippen LogP contribution in [0.2, 0.25) is 0 Å². The Hall–Kier alpha value is -1.69. The van der Waals surface area contributed by atoms with Gasteiger partial charge in [0.1, 0.15) is 12.1 Å². The summed E-state index contributed by atoms with van der Waals surface area (Å²) in [4.78, 5) is 17.3. The second-order valence-electron chi connectivity index (χ2n) is 6.17. The van der Waals surface area contributed by atoms with E-state index in [2.05, 4.69) is 20.2 Å². The van der Waals surface area contributed by atoms with E-state index in [1.54, 1.807) is 6.33 Å². The summed E-state index contributed by atoms with van der Waals surface area (Å²) in [7, 11) is 0. The highest BCUT2D eigenvalue weighted by molar-refractivity contribution is 7.15. The van der Waals surface area contributed by atoms with Gasteiger partial charge in [0, 0.05) is 35.8 Å². The smallest absolute Gasteiger partial charge is 0.185 e. The van der Waals surface area contributed by atoms with Crippen LogP contribution in [0.5, 0.6) is 0 Å². The second-order valence-corrected chi connectivity index (χ2v) is 7.23. The van der Waals surface area contributed by atoms with Gasteiger partial charge in [0.25, 0.3) is 0 Å². The number of hydrogen-bond acceptors (Lipinski definition) is 6. The van der Waals surface area contributed by atoms with E-state index in [1.807, 2.05) is 24.3 Å². The van der Waals surface area contributed by atoms with Crippen LogP contribution in [0.3, 0.4) is 0 Å². The Morgan fingerprint density at radius 1 is 1.23 bits per heavy atom. The van der Waals surface area contributed by atoms with Crippen molar-refractivity contribution in [2.75, 3.05) is 23.3 Å². The van der Waals surface area contributed by atoms with E-state index < -0.39 is 0 Å². The molecule has 1 N–H and O–H groups in total. The quantitative estimate of drug-likeness (QED) is 0.944. The van der Waals surface area contributed by atoms with Gasteiger partial charge in [0.2, 0.25) is 0 Å². The monoisotopic (exact) mass is 315 g/mol. The highest BCUT2D eigenvalue weighted by atomic mass is 32.1. The van der Waals surface area contributed by atoms with Gasteiger partial charge in [0.15, 0.2) is 5.13 Å². The average Bonchev–Trinajstić information content (AvgIpc) is 3.09. The third-order valence-electron chi connectivity index (χ3n) is 4.51. The number of nitrogens with zero attached hydrogens (tertiary/aromatic N) is 4. The van der Waals surface area contributed by atoms with E-state index in [9.17, 15) is 0 Å². The van der Waals surface area contributed by atoms with Crippen LogP contribution < -0.4 is 10.2 Å². The van der Waals surface area contributed by atoms with E-state index in [0.717, 1.165) is 37.4 Å². The molecule has 5 nitrogen and oxygen atoms in total. The van der Waals surface area contributed by atoms with Crippen molar-refractivity contribution < 1.29 is 0 Å². The number of fused-ring (bicyclic) bond motifs is 1. The Morgan fingerprint density at radius 3 is 2.86 bits per heavy atom. The Labute approximate surface area is 134 Å². The van der Waals surface area contributed by atoms with Crippen LogP contribution in [-0.2, 0) is 12.8 Å². The number of hydrogen-bond donors (Lipinski definition) is 1. The summed E-state index contributed by atoms with van der Waals surface area (Å²) < 4.78 is 0. The zero-order chi connectivity index (χ0) is 14.9. The van der Waals surface area contributed by atoms with Crippen molar-refractivity contribution in [2.45, 2.75) is 45.1 Å². The van der Waals surface area contributed by atoms with Gasteiger partial charge < -0.3 is 10.2 Å². The Bertz CT molecular complexity index is 639. The van der Waals surface area contributed by atoms with Crippen LogP contribution in [0.15, 0.2) is 12.4 Å². The van der Waals surface area contributed by atoms with Crippen LogP contribution in [0, 0.1) is 6.92 Å². The fourth-order valence-electron chi connectivity index (χ4n) is 3.27. The molecule has 0 bridgehead atoms. The third-order valence-corrected chi connectivity index (χ3v) is 5.72. The van der Waals surface area contributed by atoms with Crippen molar-refractivity contribution in [3.05, 3.63) is 28.7 Å². The van der Waals surface area contributed by atoms with Gasteiger partial charge in [-0.15, -0.1) is 11.3 Å². The van der Waals surface area contributed by atoms with Crippen LogP contribution in [0.4, 0.5) is 10.9 Å². The lowest BCUT2D eigenvalue weighted by molar-refractivity contribution is 0.524. The first-order valence-electron chi connectivity index (χ1n) is 8.06. The second kappa shape index (κ2) is 5.83. The first kappa shape index (κ1) is 13.9. The standard InChI is InChI=1S/C16H21N5S/c1-11-9-15(18-10-17-11)19-12-5-7-21(8-6-12)16-20-13-3-2-4-14(13)22-16/h9-10,12H,2-8H2,1H3,(H,17,18,19). The lowest BCUT2D eigenvalue weighted by atomic mass is 10.1. The molecule has 1 fully saturated rings. The average molecular weight is 315 g/mol. The molecule has 1 aliphatic carbocycles. The minimum absolute atomic E-state index is 0.498. The molecule has 2 aromatic rings. The molecule has 0 aromatic carbocycles. The molecular formula is C16H21N5S. The van der Waals surface area contributed by atoms with Gasteiger partial charge in [-0.05, 0) is 39.0 Å². The predicted octanol–water partition coefficient (Wildman–Crippen LogP) is 2.81. The van der Waals surface area contributed by atoms with Crippen molar-refractivity contribution >= 4 is 22.3 Å². The number of aryl methyl sites for hydroxylation is 3. The van der Waals surface area contributed by atoms with E-state index in [0.29, 0.717) is 6.04 Å². The molecule has 0 spiro atoms. The molecule has 1 aliphatic heterocycles. The van der Waals surface area contributed by atoms with Gasteiger partial charge in [0.05, 0.1) is 5.69 Å². The molecule has 0 atom stereocenters. The van der Waals surface area contributed by atoms with Crippen LogP contribution >= 0.6 is 11.3 Å². The Balaban J connectivity index is 1.36. The summed E-state index contributed by atoms with van der Waals surface area (Å²) in [6.45, 7) is 4.15. The van der Waals surface area contributed by atoms with Gasteiger partial charge >= 0.3 is 0 Å². The van der Waals surface area contributed by atoms with E-state index in [4.69, 9.17) is 4.98 Å². The van der Waals surface area contributed by atoms with Gasteiger partial charge in [-0.2, -0.15) is 0 Å². The van der Waals surface area contributed by atoms with Crippen molar-refractivity contribution in [3.8, 4) is 0 Å². The van der Waals surface area contributed by atoms with Crippen molar-refractivity contribution in [1.82, 2.24) is 15.0 Å². The third kappa shape index (κ3) is 2.79. The molecule has 1 saturated heterocycles. The first-order chi connectivity index (χ1) is 10.8. The normalized spacial score (nSPS) is 18.5. The van der Waals surface area contributed by atoms with Gasteiger partial charge in [-0.25, -0.2) is 15.0 Å². The molecule has 4 rings (SSSR count). The molecule has 0 amide bonds. The number of rotatable bonds is 3. The number of aromatic nitrogens is 3. The summed E-state index contributed by atoms with van der Waals surface area (Å²) in [5, 5.41) is 4.77. The maximum Gasteiger partial charge on any atom is 0.185 e. The number of anilines is 2. The van der Waals surface area contributed by atoms with E-state index in [-0.39, 0.29) is 0 Å². The van der Waals surface area contributed by atoms with Crippen molar-refractivity contribution in [1.29, 1.82) is 0 Å². The zero-order valence-electron chi connectivity index (χ0n) is 12.9. The minimum Gasteiger partial charge on any atom is -0.367 e. The summed E-state index contributed by atoms with van der Waals surface area (Å²) in [5.41, 5.74) is 2.36. The summed E-state index contributed by atoms with van der Waals surface area (Å²) in [5.74, 6) is 0.944. The van der Waals surface area contributed by atoms with E-state index >= 15 is 0 Å². The maximum atomic E-state index is 4.84. The Morgan fingerprint density at radius 2 is 2.09 bits per heavy atom. The maximum absolute atomic E-state index is 4.84. The van der Waals surface area contributed by atoms with Crippen LogP contribution in [-0.4, -0.2) is 34.1 Å². The van der Waals surface area contributed by atoms with Gasteiger partial charge in [-0.3, -0.25) is 0 Å². The molecule has 3 heterocycles. The van der Waals surface area contributed by atoms with E-state index in [1.165, 1.54) is 35.0 Å². The number of piperidine rings is 1. The van der Waals surface area contributed by atoms with Crippen LogP contribution in [0.1, 0.15) is 35.5 Å². The first-order valence-corrected chi connectivity index (χ1v) is 8.88. The molecular weight excluding hydrogens is 294 g/mol. The fraction of sp³-hybridized carbons (Fsp3) is 0.562. The summed E-state index contributed by atoms with van der Waals surface area (Å²) in [6.07, 6.45) is 7.60. The predicted molar refractivity (Wildman–Crippen MR) is 89.8 cm³/mol. The summed E-state index contributed by atoms with van der Waals surface area (Å²) >= 11 is 1.91. The van der Waals surface area contributed by atoms with Crippen molar-refractivity contribution in [2.24, 2.45) is 0 Å². The minimum atomic E-state index is 0.498. The lowest BCUT2D eigenvalue weighted by Crippen LogP contribution is -2.39.